The van der Waals surface area contributed by atoms with E-state index in [1.165, 1.54) is 5.56 Å². The second kappa shape index (κ2) is 5.67. The number of amides is 1. The van der Waals surface area contributed by atoms with E-state index in [2.05, 4.69) is 5.32 Å². The maximum atomic E-state index is 12.0. The summed E-state index contributed by atoms with van der Waals surface area (Å²) in [6.45, 7) is 3.93. The van der Waals surface area contributed by atoms with E-state index in [4.69, 9.17) is 5.73 Å². The fourth-order valence-electron chi connectivity index (χ4n) is 1.78. The number of nitrogens with two attached hydrogens (primary N) is 1. The van der Waals surface area contributed by atoms with Gasteiger partial charge in [-0.2, -0.15) is 0 Å². The van der Waals surface area contributed by atoms with Crippen molar-refractivity contribution in [2.75, 3.05) is 5.32 Å². The van der Waals surface area contributed by atoms with Crippen LogP contribution in [0.5, 0.6) is 0 Å². The molecule has 0 fully saturated rings. The minimum Gasteiger partial charge on any atom is -0.324 e. The molecule has 3 nitrogen and oxygen atoms in total. The number of nitrogens with one attached hydrogen (secondary N) is 1. The smallest absolute Gasteiger partial charge is 0.255 e. The Morgan fingerprint density at radius 3 is 2.16 bits per heavy atom. The van der Waals surface area contributed by atoms with Crippen LogP contribution < -0.4 is 11.1 Å². The van der Waals surface area contributed by atoms with Crippen LogP contribution in [0.3, 0.4) is 0 Å². The van der Waals surface area contributed by atoms with Crippen LogP contribution in [0.4, 0.5) is 5.69 Å². The van der Waals surface area contributed by atoms with Gasteiger partial charge in [0.25, 0.3) is 5.91 Å². The molecule has 0 aliphatic rings. The van der Waals surface area contributed by atoms with Gasteiger partial charge in [0.2, 0.25) is 0 Å². The van der Waals surface area contributed by atoms with E-state index in [-0.39, 0.29) is 11.9 Å². The number of rotatable bonds is 3. The minimum atomic E-state index is -0.111. The molecule has 0 radical (unpaired) electrons. The van der Waals surface area contributed by atoms with Gasteiger partial charge in [-0.3, -0.25) is 4.79 Å². The Bertz CT molecular complexity index is 556. The number of aryl methyl sites for hydroxylation is 1. The van der Waals surface area contributed by atoms with Crippen LogP contribution in [0.25, 0.3) is 0 Å². The molecule has 0 aromatic heterocycles. The highest BCUT2D eigenvalue weighted by molar-refractivity contribution is 6.04. The Kier molecular flexibility index (Phi) is 3.97. The number of benzene rings is 2. The third-order valence-corrected chi connectivity index (χ3v) is 3.01. The summed E-state index contributed by atoms with van der Waals surface area (Å²) < 4.78 is 0. The molecule has 3 heteroatoms. The average Bonchev–Trinajstić information content (AvgIpc) is 2.41. The van der Waals surface area contributed by atoms with Crippen molar-refractivity contribution >= 4 is 11.6 Å². The fraction of sp³-hybridized carbons (Fsp3) is 0.188. The lowest BCUT2D eigenvalue weighted by Crippen LogP contribution is -2.12. The van der Waals surface area contributed by atoms with Crippen LogP contribution in [0, 0.1) is 6.92 Å². The zero-order valence-electron chi connectivity index (χ0n) is 11.2. The van der Waals surface area contributed by atoms with Crippen molar-refractivity contribution in [3.63, 3.8) is 0 Å². The van der Waals surface area contributed by atoms with Gasteiger partial charge in [0.05, 0.1) is 0 Å². The Morgan fingerprint density at radius 2 is 1.63 bits per heavy atom. The summed E-state index contributed by atoms with van der Waals surface area (Å²) in [6.07, 6.45) is 0. The molecule has 1 atom stereocenters. The van der Waals surface area contributed by atoms with E-state index in [1.54, 1.807) is 12.1 Å². The number of anilines is 1. The second-order valence-corrected chi connectivity index (χ2v) is 4.73. The third kappa shape index (κ3) is 3.42. The lowest BCUT2D eigenvalue weighted by atomic mass is 10.1. The zero-order valence-corrected chi connectivity index (χ0v) is 11.2. The van der Waals surface area contributed by atoms with Crippen LogP contribution in [0.1, 0.15) is 34.5 Å². The van der Waals surface area contributed by atoms with E-state index in [0.717, 1.165) is 11.3 Å². The molecule has 0 heterocycles. The first-order valence-corrected chi connectivity index (χ1v) is 6.30. The summed E-state index contributed by atoms with van der Waals surface area (Å²) in [5.74, 6) is -0.111. The molecule has 2 aromatic carbocycles. The van der Waals surface area contributed by atoms with Gasteiger partial charge < -0.3 is 11.1 Å². The second-order valence-electron chi connectivity index (χ2n) is 4.73. The highest BCUT2D eigenvalue weighted by Crippen LogP contribution is 2.13. The number of hydrogen-bond donors (Lipinski definition) is 2. The molecule has 0 spiro atoms. The van der Waals surface area contributed by atoms with Crippen molar-refractivity contribution < 1.29 is 4.79 Å². The summed E-state index contributed by atoms with van der Waals surface area (Å²) >= 11 is 0. The molecule has 0 saturated carbocycles. The molecule has 0 aliphatic heterocycles. The Morgan fingerprint density at radius 1 is 1.05 bits per heavy atom. The first kappa shape index (κ1) is 13.3. The van der Waals surface area contributed by atoms with Crippen LogP contribution >= 0.6 is 0 Å². The van der Waals surface area contributed by atoms with E-state index < -0.39 is 0 Å². The summed E-state index contributed by atoms with van der Waals surface area (Å²) in [5.41, 5.74) is 9.39. The minimum absolute atomic E-state index is 0.0193. The van der Waals surface area contributed by atoms with Crippen LogP contribution in [-0.2, 0) is 0 Å². The number of carbonyl (C=O) groups excluding carboxylic acids is 1. The van der Waals surface area contributed by atoms with Crippen LogP contribution in [-0.4, -0.2) is 5.91 Å². The SMILES string of the molecule is Cc1ccc(NC(=O)c2ccc(C(C)N)cc2)cc1. The molecular weight excluding hydrogens is 236 g/mol. The van der Waals surface area contributed by atoms with Gasteiger partial charge in [-0.25, -0.2) is 0 Å². The molecule has 3 N–H and O–H groups in total. The summed E-state index contributed by atoms with van der Waals surface area (Å²) in [6, 6.07) is 15.1. The van der Waals surface area contributed by atoms with Gasteiger partial charge in [-0.1, -0.05) is 29.8 Å². The van der Waals surface area contributed by atoms with Gasteiger partial charge in [-0.05, 0) is 43.7 Å². The zero-order chi connectivity index (χ0) is 13.8. The Balaban J connectivity index is 2.09. The van der Waals surface area contributed by atoms with Crippen molar-refractivity contribution in [3.05, 3.63) is 65.2 Å². The molecular formula is C16H18N2O. The standard InChI is InChI=1S/C16H18N2O/c1-11-3-9-15(10-4-11)18-16(19)14-7-5-13(6-8-14)12(2)17/h3-10,12H,17H2,1-2H3,(H,18,19). The van der Waals surface area contributed by atoms with E-state index in [9.17, 15) is 4.79 Å². The fourth-order valence-corrected chi connectivity index (χ4v) is 1.78. The average molecular weight is 254 g/mol. The predicted octanol–water partition coefficient (Wildman–Crippen LogP) is 3.27. The lowest BCUT2D eigenvalue weighted by Gasteiger charge is -2.08. The van der Waals surface area contributed by atoms with Gasteiger partial charge >= 0.3 is 0 Å². The Labute approximate surface area is 113 Å². The topological polar surface area (TPSA) is 55.1 Å². The summed E-state index contributed by atoms with van der Waals surface area (Å²) in [4.78, 5) is 12.0. The summed E-state index contributed by atoms with van der Waals surface area (Å²) in [5, 5.41) is 2.86. The third-order valence-electron chi connectivity index (χ3n) is 3.01. The van der Waals surface area contributed by atoms with E-state index >= 15 is 0 Å². The van der Waals surface area contributed by atoms with Crippen molar-refractivity contribution in [1.29, 1.82) is 0 Å². The van der Waals surface area contributed by atoms with Crippen molar-refractivity contribution in [2.24, 2.45) is 5.73 Å². The van der Waals surface area contributed by atoms with Gasteiger partial charge in [0, 0.05) is 17.3 Å². The molecule has 2 rings (SSSR count). The molecule has 2 aromatic rings. The van der Waals surface area contributed by atoms with E-state index in [0.29, 0.717) is 5.56 Å². The molecule has 1 unspecified atom stereocenters. The first-order chi connectivity index (χ1) is 9.06. The van der Waals surface area contributed by atoms with Crippen molar-refractivity contribution in [2.45, 2.75) is 19.9 Å². The van der Waals surface area contributed by atoms with Crippen molar-refractivity contribution in [1.82, 2.24) is 0 Å². The maximum absolute atomic E-state index is 12.0. The molecule has 19 heavy (non-hydrogen) atoms. The molecule has 1 amide bonds. The summed E-state index contributed by atoms with van der Waals surface area (Å²) in [7, 11) is 0. The largest absolute Gasteiger partial charge is 0.324 e. The van der Waals surface area contributed by atoms with Gasteiger partial charge in [0.15, 0.2) is 0 Å². The van der Waals surface area contributed by atoms with E-state index in [1.807, 2.05) is 50.2 Å². The van der Waals surface area contributed by atoms with Crippen molar-refractivity contribution in [3.8, 4) is 0 Å². The van der Waals surface area contributed by atoms with Crippen LogP contribution in [0.15, 0.2) is 48.5 Å². The Hall–Kier alpha value is -2.13. The van der Waals surface area contributed by atoms with Gasteiger partial charge in [0.1, 0.15) is 0 Å². The highest BCUT2D eigenvalue weighted by atomic mass is 16.1. The molecule has 0 aliphatic carbocycles. The highest BCUT2D eigenvalue weighted by Gasteiger charge is 2.06. The molecule has 0 saturated heterocycles. The number of hydrogen-bond acceptors (Lipinski definition) is 2. The quantitative estimate of drug-likeness (QED) is 0.883. The first-order valence-electron chi connectivity index (χ1n) is 6.30. The molecule has 98 valence electrons. The predicted molar refractivity (Wildman–Crippen MR) is 78.2 cm³/mol. The van der Waals surface area contributed by atoms with Gasteiger partial charge in [-0.15, -0.1) is 0 Å². The normalized spacial score (nSPS) is 11.9. The molecule has 0 bridgehead atoms. The lowest BCUT2D eigenvalue weighted by molar-refractivity contribution is 0.102. The maximum Gasteiger partial charge on any atom is 0.255 e. The van der Waals surface area contributed by atoms with Crippen LogP contribution in [0.2, 0.25) is 0 Å². The number of carbonyl (C=O) groups is 1. The monoisotopic (exact) mass is 254 g/mol.